The Kier molecular flexibility index (Phi) is 3.78. The summed E-state index contributed by atoms with van der Waals surface area (Å²) in [5.74, 6) is 0. The zero-order chi connectivity index (χ0) is 10.7. The number of aliphatic hydroxyl groups excluding tert-OH is 1. The SMILES string of the molecule is OC1CCN(Cc2ccccc2)CC1Br. The van der Waals surface area contributed by atoms with E-state index in [1.165, 1.54) is 5.56 Å². The molecule has 1 heterocycles. The van der Waals surface area contributed by atoms with Crippen LogP contribution in [0.2, 0.25) is 0 Å². The second-order valence-electron chi connectivity index (χ2n) is 4.09. The Hall–Kier alpha value is -0.380. The number of hydrogen-bond donors (Lipinski definition) is 1. The molecule has 0 bridgehead atoms. The molecule has 3 heteroatoms. The predicted octanol–water partition coefficient (Wildman–Crippen LogP) is 2.02. The van der Waals surface area contributed by atoms with E-state index in [9.17, 15) is 5.11 Å². The Balaban J connectivity index is 1.91. The molecule has 0 amide bonds. The summed E-state index contributed by atoms with van der Waals surface area (Å²) in [5.41, 5.74) is 1.34. The first kappa shape index (κ1) is 11.1. The lowest BCUT2D eigenvalue weighted by Gasteiger charge is -2.33. The van der Waals surface area contributed by atoms with Crippen molar-refractivity contribution in [2.75, 3.05) is 13.1 Å². The van der Waals surface area contributed by atoms with Gasteiger partial charge in [0.1, 0.15) is 0 Å². The third kappa shape index (κ3) is 3.03. The molecule has 1 aromatic carbocycles. The lowest BCUT2D eigenvalue weighted by atomic mass is 10.1. The van der Waals surface area contributed by atoms with Gasteiger partial charge in [-0.15, -0.1) is 0 Å². The lowest BCUT2D eigenvalue weighted by molar-refractivity contribution is 0.0879. The van der Waals surface area contributed by atoms with E-state index in [0.717, 1.165) is 26.1 Å². The number of alkyl halides is 1. The number of likely N-dealkylation sites (tertiary alicyclic amines) is 1. The Morgan fingerprint density at radius 2 is 2.07 bits per heavy atom. The highest BCUT2D eigenvalue weighted by atomic mass is 79.9. The number of nitrogens with zero attached hydrogens (tertiary/aromatic N) is 1. The van der Waals surface area contributed by atoms with Gasteiger partial charge in [-0.1, -0.05) is 46.3 Å². The van der Waals surface area contributed by atoms with Crippen LogP contribution < -0.4 is 0 Å². The van der Waals surface area contributed by atoms with Gasteiger partial charge in [-0.25, -0.2) is 0 Å². The van der Waals surface area contributed by atoms with Gasteiger partial charge in [0, 0.05) is 19.6 Å². The maximum Gasteiger partial charge on any atom is 0.0689 e. The Morgan fingerprint density at radius 3 is 2.73 bits per heavy atom. The maximum absolute atomic E-state index is 9.59. The third-order valence-corrected chi connectivity index (χ3v) is 3.74. The van der Waals surface area contributed by atoms with E-state index in [0.29, 0.717) is 0 Å². The van der Waals surface area contributed by atoms with Gasteiger partial charge in [0.2, 0.25) is 0 Å². The average Bonchev–Trinajstić information content (AvgIpc) is 2.25. The summed E-state index contributed by atoms with van der Waals surface area (Å²) in [4.78, 5) is 2.59. The number of benzene rings is 1. The second kappa shape index (κ2) is 5.10. The summed E-state index contributed by atoms with van der Waals surface area (Å²) in [7, 11) is 0. The molecule has 1 aromatic rings. The molecular weight excluding hydrogens is 254 g/mol. The molecule has 0 aliphatic carbocycles. The fourth-order valence-electron chi connectivity index (χ4n) is 1.94. The van der Waals surface area contributed by atoms with Crippen LogP contribution in [0.4, 0.5) is 0 Å². The molecule has 1 aliphatic rings. The van der Waals surface area contributed by atoms with Crippen molar-refractivity contribution in [3.8, 4) is 0 Å². The number of halogens is 1. The van der Waals surface area contributed by atoms with Crippen molar-refractivity contribution in [2.24, 2.45) is 0 Å². The molecule has 15 heavy (non-hydrogen) atoms. The van der Waals surface area contributed by atoms with Gasteiger partial charge in [0.15, 0.2) is 0 Å². The fourth-order valence-corrected chi connectivity index (χ4v) is 2.61. The molecular formula is C12H16BrNO. The molecule has 1 aliphatic heterocycles. The summed E-state index contributed by atoms with van der Waals surface area (Å²) in [6.07, 6.45) is 0.681. The maximum atomic E-state index is 9.59. The van der Waals surface area contributed by atoms with Gasteiger partial charge in [-0.2, -0.15) is 0 Å². The molecule has 0 spiro atoms. The van der Waals surface area contributed by atoms with E-state index in [4.69, 9.17) is 0 Å². The number of rotatable bonds is 2. The molecule has 1 N–H and O–H groups in total. The standard InChI is InChI=1S/C12H16BrNO/c13-11-9-14(7-6-12(11)15)8-10-4-2-1-3-5-10/h1-5,11-12,15H,6-9H2. The van der Waals surface area contributed by atoms with Gasteiger partial charge in [-0.3, -0.25) is 4.90 Å². The van der Waals surface area contributed by atoms with Crippen LogP contribution in [-0.2, 0) is 6.54 Å². The summed E-state index contributed by atoms with van der Waals surface area (Å²) in [6, 6.07) is 10.5. The van der Waals surface area contributed by atoms with Crippen molar-refractivity contribution in [1.29, 1.82) is 0 Å². The van der Waals surface area contributed by atoms with Crippen LogP contribution in [0.5, 0.6) is 0 Å². The van der Waals surface area contributed by atoms with Gasteiger partial charge >= 0.3 is 0 Å². The average molecular weight is 270 g/mol. The highest BCUT2D eigenvalue weighted by Gasteiger charge is 2.25. The van der Waals surface area contributed by atoms with E-state index in [-0.39, 0.29) is 10.9 Å². The molecule has 2 unspecified atom stereocenters. The van der Waals surface area contributed by atoms with Gasteiger partial charge in [0.05, 0.1) is 10.9 Å². The lowest BCUT2D eigenvalue weighted by Crippen LogP contribution is -2.43. The van der Waals surface area contributed by atoms with Crippen molar-refractivity contribution < 1.29 is 5.11 Å². The fraction of sp³-hybridized carbons (Fsp3) is 0.500. The first-order chi connectivity index (χ1) is 7.25. The monoisotopic (exact) mass is 269 g/mol. The highest BCUT2D eigenvalue weighted by Crippen LogP contribution is 2.19. The third-order valence-electron chi connectivity index (χ3n) is 2.84. The smallest absolute Gasteiger partial charge is 0.0689 e. The molecule has 2 rings (SSSR count). The van der Waals surface area contributed by atoms with Crippen LogP contribution in [0, 0.1) is 0 Å². The van der Waals surface area contributed by atoms with E-state index >= 15 is 0 Å². The second-order valence-corrected chi connectivity index (χ2v) is 5.27. The van der Waals surface area contributed by atoms with Crippen LogP contribution >= 0.6 is 15.9 Å². The first-order valence-electron chi connectivity index (χ1n) is 5.34. The predicted molar refractivity (Wildman–Crippen MR) is 65.1 cm³/mol. The largest absolute Gasteiger partial charge is 0.392 e. The molecule has 0 aromatic heterocycles. The van der Waals surface area contributed by atoms with E-state index < -0.39 is 0 Å². The molecule has 2 nitrogen and oxygen atoms in total. The van der Waals surface area contributed by atoms with Crippen molar-refractivity contribution in [1.82, 2.24) is 4.90 Å². The number of aliphatic hydroxyl groups is 1. The van der Waals surface area contributed by atoms with Gasteiger partial charge in [-0.05, 0) is 12.0 Å². The molecule has 82 valence electrons. The van der Waals surface area contributed by atoms with Crippen LogP contribution in [0.3, 0.4) is 0 Å². The van der Waals surface area contributed by atoms with Crippen LogP contribution in [0.1, 0.15) is 12.0 Å². The summed E-state index contributed by atoms with van der Waals surface area (Å²) in [5, 5.41) is 9.59. The minimum atomic E-state index is -0.183. The van der Waals surface area contributed by atoms with E-state index in [2.05, 4.69) is 45.1 Å². The summed E-state index contributed by atoms with van der Waals surface area (Å²) in [6.45, 7) is 2.89. The van der Waals surface area contributed by atoms with Crippen LogP contribution in [0.25, 0.3) is 0 Å². The van der Waals surface area contributed by atoms with Crippen LogP contribution in [-0.4, -0.2) is 34.0 Å². The normalized spacial score (nSPS) is 27.9. The summed E-state index contributed by atoms with van der Waals surface area (Å²) >= 11 is 3.52. The molecule has 0 saturated carbocycles. The zero-order valence-corrected chi connectivity index (χ0v) is 10.2. The molecule has 1 fully saturated rings. The molecule has 1 saturated heterocycles. The number of piperidine rings is 1. The van der Waals surface area contributed by atoms with E-state index in [1.54, 1.807) is 0 Å². The van der Waals surface area contributed by atoms with Gasteiger partial charge in [0.25, 0.3) is 0 Å². The van der Waals surface area contributed by atoms with E-state index in [1.807, 2.05) is 6.07 Å². The minimum absolute atomic E-state index is 0.183. The Labute approximate surface area is 99.0 Å². The zero-order valence-electron chi connectivity index (χ0n) is 8.64. The first-order valence-corrected chi connectivity index (χ1v) is 6.25. The van der Waals surface area contributed by atoms with Crippen molar-refractivity contribution in [3.63, 3.8) is 0 Å². The van der Waals surface area contributed by atoms with Crippen molar-refractivity contribution >= 4 is 15.9 Å². The van der Waals surface area contributed by atoms with Crippen molar-refractivity contribution in [2.45, 2.75) is 23.9 Å². The quantitative estimate of drug-likeness (QED) is 0.831. The topological polar surface area (TPSA) is 23.5 Å². The minimum Gasteiger partial charge on any atom is -0.392 e. The highest BCUT2D eigenvalue weighted by molar-refractivity contribution is 9.09. The Bertz CT molecular complexity index is 304. The molecule has 0 radical (unpaired) electrons. The summed E-state index contributed by atoms with van der Waals surface area (Å²) < 4.78 is 0. The van der Waals surface area contributed by atoms with Crippen molar-refractivity contribution in [3.05, 3.63) is 35.9 Å². The number of hydrogen-bond acceptors (Lipinski definition) is 2. The van der Waals surface area contributed by atoms with Crippen LogP contribution in [0.15, 0.2) is 30.3 Å². The van der Waals surface area contributed by atoms with Gasteiger partial charge < -0.3 is 5.11 Å². The Morgan fingerprint density at radius 1 is 1.33 bits per heavy atom. The molecule has 2 atom stereocenters.